The smallest absolute Gasteiger partial charge is 0.145 e. The normalized spacial score (nSPS) is 10.9. The van der Waals surface area contributed by atoms with Crippen molar-refractivity contribution in [2.75, 3.05) is 25.6 Å². The van der Waals surface area contributed by atoms with Gasteiger partial charge in [0.25, 0.3) is 0 Å². The van der Waals surface area contributed by atoms with E-state index in [-0.39, 0.29) is 0 Å². The van der Waals surface area contributed by atoms with Gasteiger partial charge in [-0.3, -0.25) is 9.67 Å². The summed E-state index contributed by atoms with van der Waals surface area (Å²) in [5, 5.41) is 5.36. The summed E-state index contributed by atoms with van der Waals surface area (Å²) in [5.41, 5.74) is 3.25. The molecule has 0 aliphatic rings. The topological polar surface area (TPSA) is 43.2 Å². The number of rotatable bonds is 5. The van der Waals surface area contributed by atoms with Crippen molar-refractivity contribution in [1.82, 2.24) is 14.8 Å². The fourth-order valence-corrected chi connectivity index (χ4v) is 2.75. The van der Waals surface area contributed by atoms with Crippen molar-refractivity contribution in [3.05, 3.63) is 48.4 Å². The molecule has 3 aromatic rings. The molecule has 2 heterocycles. The molecule has 0 bridgehead atoms. The second kappa shape index (κ2) is 6.05. The highest BCUT2D eigenvalue weighted by Crippen LogP contribution is 2.32. The SMILES string of the molecule is COc1cccc2c(N(C)CCn3cccn3)c(C)cnc12. The highest BCUT2D eigenvalue weighted by Gasteiger charge is 2.13. The number of methoxy groups -OCH3 is 1. The Morgan fingerprint density at radius 3 is 2.86 bits per heavy atom. The van der Waals surface area contributed by atoms with E-state index < -0.39 is 0 Å². The molecule has 5 heteroatoms. The predicted octanol–water partition coefficient (Wildman–Crippen LogP) is 2.88. The molecule has 0 spiro atoms. The largest absolute Gasteiger partial charge is 0.494 e. The fourth-order valence-electron chi connectivity index (χ4n) is 2.75. The van der Waals surface area contributed by atoms with Gasteiger partial charge in [0.2, 0.25) is 0 Å². The van der Waals surface area contributed by atoms with Crippen molar-refractivity contribution in [3.63, 3.8) is 0 Å². The summed E-state index contributed by atoms with van der Waals surface area (Å²) >= 11 is 0. The van der Waals surface area contributed by atoms with Crippen LogP contribution in [0.25, 0.3) is 10.9 Å². The highest BCUT2D eigenvalue weighted by molar-refractivity contribution is 5.96. The maximum Gasteiger partial charge on any atom is 0.145 e. The number of nitrogens with zero attached hydrogens (tertiary/aromatic N) is 4. The zero-order chi connectivity index (χ0) is 15.5. The number of benzene rings is 1. The Morgan fingerprint density at radius 1 is 1.27 bits per heavy atom. The molecule has 0 aliphatic heterocycles. The Morgan fingerprint density at radius 2 is 2.14 bits per heavy atom. The summed E-state index contributed by atoms with van der Waals surface area (Å²) in [4.78, 5) is 6.79. The van der Waals surface area contributed by atoms with E-state index in [2.05, 4.69) is 35.0 Å². The van der Waals surface area contributed by atoms with E-state index in [0.29, 0.717) is 0 Å². The van der Waals surface area contributed by atoms with Crippen LogP contribution in [0.1, 0.15) is 5.56 Å². The number of fused-ring (bicyclic) bond motifs is 1. The van der Waals surface area contributed by atoms with Crippen LogP contribution >= 0.6 is 0 Å². The summed E-state index contributed by atoms with van der Waals surface area (Å²) in [6, 6.07) is 7.99. The van der Waals surface area contributed by atoms with Crippen LogP contribution in [0.4, 0.5) is 5.69 Å². The lowest BCUT2D eigenvalue weighted by molar-refractivity contribution is 0.419. The molecule has 0 atom stereocenters. The van der Waals surface area contributed by atoms with Crippen molar-refractivity contribution in [3.8, 4) is 5.75 Å². The van der Waals surface area contributed by atoms with Gasteiger partial charge < -0.3 is 9.64 Å². The van der Waals surface area contributed by atoms with E-state index in [1.165, 1.54) is 5.69 Å². The Labute approximate surface area is 130 Å². The lowest BCUT2D eigenvalue weighted by Crippen LogP contribution is -2.24. The molecular weight excluding hydrogens is 276 g/mol. The molecule has 22 heavy (non-hydrogen) atoms. The number of ether oxygens (including phenoxy) is 1. The lowest BCUT2D eigenvalue weighted by Gasteiger charge is -2.23. The van der Waals surface area contributed by atoms with Crippen LogP contribution in [-0.2, 0) is 6.54 Å². The third-order valence-corrected chi connectivity index (χ3v) is 3.84. The van der Waals surface area contributed by atoms with Gasteiger partial charge in [-0.25, -0.2) is 0 Å². The predicted molar refractivity (Wildman–Crippen MR) is 88.5 cm³/mol. The first-order valence-corrected chi connectivity index (χ1v) is 7.31. The van der Waals surface area contributed by atoms with Gasteiger partial charge >= 0.3 is 0 Å². The number of hydrogen-bond donors (Lipinski definition) is 0. The van der Waals surface area contributed by atoms with Gasteiger partial charge in [0.05, 0.1) is 19.3 Å². The van der Waals surface area contributed by atoms with Gasteiger partial charge in [0.15, 0.2) is 0 Å². The highest BCUT2D eigenvalue weighted by atomic mass is 16.5. The summed E-state index contributed by atoms with van der Waals surface area (Å²) in [6.45, 7) is 3.81. The Bertz CT molecular complexity index is 768. The fraction of sp³-hybridized carbons (Fsp3) is 0.294. The molecular formula is C17H20N4O. The summed E-state index contributed by atoms with van der Waals surface area (Å²) < 4.78 is 7.37. The zero-order valence-corrected chi connectivity index (χ0v) is 13.2. The zero-order valence-electron chi connectivity index (χ0n) is 13.2. The van der Waals surface area contributed by atoms with Gasteiger partial charge in [-0.1, -0.05) is 12.1 Å². The maximum atomic E-state index is 5.43. The lowest BCUT2D eigenvalue weighted by atomic mass is 10.1. The van der Waals surface area contributed by atoms with Crippen molar-refractivity contribution in [2.45, 2.75) is 13.5 Å². The van der Waals surface area contributed by atoms with Crippen molar-refractivity contribution < 1.29 is 4.74 Å². The Hall–Kier alpha value is -2.56. The molecule has 0 fully saturated rings. The van der Waals surface area contributed by atoms with E-state index >= 15 is 0 Å². The van der Waals surface area contributed by atoms with E-state index in [1.807, 2.05) is 35.3 Å². The number of likely N-dealkylation sites (N-methyl/N-ethyl adjacent to an activating group) is 1. The quantitative estimate of drug-likeness (QED) is 0.726. The molecule has 5 nitrogen and oxygen atoms in total. The Kier molecular flexibility index (Phi) is 3.96. The Balaban J connectivity index is 1.96. The molecule has 0 saturated heterocycles. The molecule has 2 aromatic heterocycles. The number of anilines is 1. The van der Waals surface area contributed by atoms with Crippen LogP contribution in [0.15, 0.2) is 42.9 Å². The van der Waals surface area contributed by atoms with E-state index in [1.54, 1.807) is 13.3 Å². The average Bonchev–Trinajstić information content (AvgIpc) is 3.05. The van der Waals surface area contributed by atoms with E-state index in [4.69, 9.17) is 4.74 Å². The number of aromatic nitrogens is 3. The summed E-state index contributed by atoms with van der Waals surface area (Å²) in [6.07, 6.45) is 5.69. The summed E-state index contributed by atoms with van der Waals surface area (Å²) in [7, 11) is 3.78. The minimum Gasteiger partial charge on any atom is -0.494 e. The van der Waals surface area contributed by atoms with E-state index in [0.717, 1.165) is 35.3 Å². The standard InChI is InChI=1S/C17H20N4O/c1-13-12-18-16-14(6-4-7-15(16)22-3)17(13)20(2)10-11-21-9-5-8-19-21/h4-9,12H,10-11H2,1-3H3. The van der Waals surface area contributed by atoms with Crippen LogP contribution in [0.5, 0.6) is 5.75 Å². The van der Waals surface area contributed by atoms with Crippen LogP contribution in [0.3, 0.4) is 0 Å². The molecule has 1 aromatic carbocycles. The van der Waals surface area contributed by atoms with Crippen LogP contribution in [0.2, 0.25) is 0 Å². The molecule has 114 valence electrons. The van der Waals surface area contributed by atoms with Gasteiger partial charge in [-0.05, 0) is 24.6 Å². The maximum absolute atomic E-state index is 5.43. The van der Waals surface area contributed by atoms with Crippen LogP contribution in [0, 0.1) is 6.92 Å². The third-order valence-electron chi connectivity index (χ3n) is 3.84. The monoisotopic (exact) mass is 296 g/mol. The third kappa shape index (κ3) is 2.62. The molecule has 0 amide bonds. The summed E-state index contributed by atoms with van der Waals surface area (Å²) in [5.74, 6) is 0.805. The van der Waals surface area contributed by atoms with Crippen LogP contribution in [-0.4, -0.2) is 35.5 Å². The van der Waals surface area contributed by atoms with Crippen molar-refractivity contribution >= 4 is 16.6 Å². The first kappa shape index (κ1) is 14.4. The van der Waals surface area contributed by atoms with E-state index in [9.17, 15) is 0 Å². The van der Waals surface area contributed by atoms with Gasteiger partial charge in [0, 0.05) is 37.6 Å². The van der Waals surface area contributed by atoms with Crippen molar-refractivity contribution in [2.24, 2.45) is 0 Å². The molecule has 0 saturated carbocycles. The number of hydrogen-bond acceptors (Lipinski definition) is 4. The number of aryl methyl sites for hydroxylation is 1. The second-order valence-electron chi connectivity index (χ2n) is 5.34. The molecule has 0 N–H and O–H groups in total. The first-order chi connectivity index (χ1) is 10.7. The van der Waals surface area contributed by atoms with Gasteiger partial charge in [0.1, 0.15) is 11.3 Å². The van der Waals surface area contributed by atoms with Gasteiger partial charge in [-0.2, -0.15) is 5.10 Å². The minimum atomic E-state index is 0.805. The van der Waals surface area contributed by atoms with Crippen molar-refractivity contribution in [1.29, 1.82) is 0 Å². The molecule has 3 rings (SSSR count). The number of para-hydroxylation sites is 1. The van der Waals surface area contributed by atoms with Crippen LogP contribution < -0.4 is 9.64 Å². The average molecular weight is 296 g/mol. The van der Waals surface area contributed by atoms with Gasteiger partial charge in [-0.15, -0.1) is 0 Å². The second-order valence-corrected chi connectivity index (χ2v) is 5.34. The molecule has 0 unspecified atom stereocenters. The first-order valence-electron chi connectivity index (χ1n) is 7.31. The number of pyridine rings is 1. The molecule has 0 aliphatic carbocycles. The minimum absolute atomic E-state index is 0.805. The molecule has 0 radical (unpaired) electrons.